The van der Waals surface area contributed by atoms with E-state index in [0.717, 1.165) is 41.5 Å². The molecule has 5 rings (SSSR count). The molecule has 2 fully saturated rings. The Morgan fingerprint density at radius 1 is 1.23 bits per heavy atom. The zero-order valence-electron chi connectivity index (χ0n) is 17.5. The Labute approximate surface area is 181 Å². The molecule has 0 unspecified atom stereocenters. The molecule has 4 heterocycles. The Balaban J connectivity index is 1.52. The number of nitrogens with one attached hydrogen (secondary N) is 1. The number of pyridine rings is 1. The first kappa shape index (κ1) is 19.6. The van der Waals surface area contributed by atoms with E-state index >= 15 is 0 Å². The summed E-state index contributed by atoms with van der Waals surface area (Å²) >= 11 is 6.46. The predicted molar refractivity (Wildman–Crippen MR) is 121 cm³/mol. The Morgan fingerprint density at radius 3 is 2.80 bits per heavy atom. The van der Waals surface area contributed by atoms with E-state index in [4.69, 9.17) is 22.3 Å². The largest absolute Gasteiger partial charge is 0.384 e. The minimum atomic E-state index is 0.430. The third-order valence-corrected chi connectivity index (χ3v) is 7.45. The Kier molecular flexibility index (Phi) is 4.82. The molecule has 158 valence electrons. The molecule has 0 bridgehead atoms. The van der Waals surface area contributed by atoms with Gasteiger partial charge in [-0.2, -0.15) is 0 Å². The first-order valence-electron chi connectivity index (χ1n) is 10.7. The van der Waals surface area contributed by atoms with Crippen molar-refractivity contribution in [3.8, 4) is 11.1 Å². The smallest absolute Gasteiger partial charge is 0.211 e. The van der Waals surface area contributed by atoms with Gasteiger partial charge in [0.1, 0.15) is 11.5 Å². The molecule has 0 aromatic carbocycles. The number of rotatable bonds is 3. The molecule has 7 nitrogen and oxygen atoms in total. The second-order valence-corrected chi connectivity index (χ2v) is 9.07. The number of halogens is 1. The summed E-state index contributed by atoms with van der Waals surface area (Å²) in [5, 5.41) is 4.12. The second kappa shape index (κ2) is 7.39. The fourth-order valence-electron chi connectivity index (χ4n) is 5.60. The summed E-state index contributed by atoms with van der Waals surface area (Å²) in [6, 6.07) is 2.44. The molecular formula is C22H28ClN7. The van der Waals surface area contributed by atoms with Crippen LogP contribution in [-0.2, 0) is 0 Å². The molecular weight excluding hydrogens is 398 g/mol. The lowest BCUT2D eigenvalue weighted by atomic mass is 9.74. The summed E-state index contributed by atoms with van der Waals surface area (Å²) in [4.78, 5) is 16.1. The predicted octanol–water partition coefficient (Wildman–Crippen LogP) is 3.69. The van der Waals surface area contributed by atoms with Crippen LogP contribution in [0.1, 0.15) is 37.8 Å². The standard InChI is InChI=1S/C22H28ClN7/c1-14-19(15-12-18(24)27-13-16(15)23)20-26-8-11-30(20)21(28-14)29-9-6-22(7-10-29)5-3-4-17(22)25-2/h8,11-13,17,25H,3-7,9-10H2,1-2H3,(H2,24,27)/t17-/m1/s1. The number of aromatic nitrogens is 4. The molecule has 30 heavy (non-hydrogen) atoms. The Hall–Kier alpha value is -2.38. The van der Waals surface area contributed by atoms with Crippen LogP contribution >= 0.6 is 11.6 Å². The van der Waals surface area contributed by atoms with Crippen molar-refractivity contribution in [2.45, 2.75) is 45.1 Å². The summed E-state index contributed by atoms with van der Waals surface area (Å²) in [5.41, 5.74) is 9.83. The van der Waals surface area contributed by atoms with Crippen LogP contribution in [0.2, 0.25) is 5.02 Å². The summed E-state index contributed by atoms with van der Waals surface area (Å²) in [7, 11) is 2.11. The van der Waals surface area contributed by atoms with Gasteiger partial charge in [0.25, 0.3) is 0 Å². The number of anilines is 2. The van der Waals surface area contributed by atoms with E-state index in [1.807, 2.05) is 19.3 Å². The van der Waals surface area contributed by atoms with E-state index < -0.39 is 0 Å². The number of nitrogens with zero attached hydrogens (tertiary/aromatic N) is 5. The van der Waals surface area contributed by atoms with Gasteiger partial charge >= 0.3 is 0 Å². The molecule has 1 spiro atoms. The van der Waals surface area contributed by atoms with Crippen molar-refractivity contribution in [1.82, 2.24) is 24.7 Å². The fraction of sp³-hybridized carbons (Fsp3) is 0.500. The summed E-state index contributed by atoms with van der Waals surface area (Å²) in [6.07, 6.45) is 11.7. The Bertz CT molecular complexity index is 1080. The van der Waals surface area contributed by atoms with Crippen LogP contribution in [0.15, 0.2) is 24.7 Å². The van der Waals surface area contributed by atoms with E-state index in [1.165, 1.54) is 32.1 Å². The minimum absolute atomic E-state index is 0.430. The third-order valence-electron chi connectivity index (χ3n) is 7.15. The van der Waals surface area contributed by atoms with Crippen LogP contribution in [-0.4, -0.2) is 45.5 Å². The van der Waals surface area contributed by atoms with E-state index in [9.17, 15) is 0 Å². The fourth-order valence-corrected chi connectivity index (χ4v) is 5.79. The Morgan fingerprint density at radius 2 is 2.03 bits per heavy atom. The van der Waals surface area contributed by atoms with Gasteiger partial charge in [0.05, 0.1) is 10.7 Å². The number of hydrogen-bond donors (Lipinski definition) is 2. The van der Waals surface area contributed by atoms with Gasteiger partial charge < -0.3 is 16.0 Å². The molecule has 3 aromatic heterocycles. The molecule has 1 atom stereocenters. The molecule has 2 aliphatic rings. The maximum absolute atomic E-state index is 6.46. The average molecular weight is 426 g/mol. The number of nitrogen functional groups attached to an aromatic ring is 1. The maximum atomic E-state index is 6.46. The topological polar surface area (TPSA) is 84.4 Å². The average Bonchev–Trinajstić information content (AvgIpc) is 3.37. The summed E-state index contributed by atoms with van der Waals surface area (Å²) < 4.78 is 2.08. The van der Waals surface area contributed by atoms with Crippen molar-refractivity contribution in [1.29, 1.82) is 0 Å². The molecule has 3 N–H and O–H groups in total. The zero-order chi connectivity index (χ0) is 20.9. The van der Waals surface area contributed by atoms with Gasteiger partial charge in [-0.05, 0) is 51.1 Å². The van der Waals surface area contributed by atoms with Crippen LogP contribution < -0.4 is 16.0 Å². The van der Waals surface area contributed by atoms with Crippen LogP contribution in [0, 0.1) is 12.3 Å². The SMILES string of the molecule is CN[C@@H]1CCCC12CCN(c1nc(C)c(-c3cc(N)ncc3Cl)c3nccn13)CC2. The molecule has 0 amide bonds. The molecule has 0 radical (unpaired) electrons. The van der Waals surface area contributed by atoms with E-state index in [2.05, 4.69) is 31.6 Å². The first-order valence-corrected chi connectivity index (χ1v) is 11.1. The van der Waals surface area contributed by atoms with Crippen LogP contribution in [0.25, 0.3) is 16.8 Å². The normalized spacial score (nSPS) is 21.0. The maximum Gasteiger partial charge on any atom is 0.211 e. The monoisotopic (exact) mass is 425 g/mol. The van der Waals surface area contributed by atoms with Gasteiger partial charge in [0.15, 0.2) is 0 Å². The van der Waals surface area contributed by atoms with Crippen molar-refractivity contribution < 1.29 is 0 Å². The van der Waals surface area contributed by atoms with Crippen molar-refractivity contribution in [3.05, 3.63) is 35.4 Å². The highest BCUT2D eigenvalue weighted by atomic mass is 35.5. The lowest BCUT2D eigenvalue weighted by Crippen LogP contribution is -2.48. The van der Waals surface area contributed by atoms with Gasteiger partial charge in [0, 0.05) is 48.8 Å². The van der Waals surface area contributed by atoms with Gasteiger partial charge in [-0.15, -0.1) is 0 Å². The number of fused-ring (bicyclic) bond motifs is 1. The van der Waals surface area contributed by atoms with Crippen LogP contribution in [0.5, 0.6) is 0 Å². The number of hydrogen-bond acceptors (Lipinski definition) is 6. The van der Waals surface area contributed by atoms with Crippen molar-refractivity contribution in [3.63, 3.8) is 0 Å². The van der Waals surface area contributed by atoms with Crippen LogP contribution in [0.4, 0.5) is 11.8 Å². The molecule has 1 saturated carbocycles. The highest BCUT2D eigenvalue weighted by Gasteiger charge is 2.44. The minimum Gasteiger partial charge on any atom is -0.384 e. The highest BCUT2D eigenvalue weighted by Crippen LogP contribution is 2.47. The second-order valence-electron chi connectivity index (χ2n) is 8.66. The lowest BCUT2D eigenvalue weighted by molar-refractivity contribution is 0.177. The third kappa shape index (κ3) is 3.03. The van der Waals surface area contributed by atoms with Gasteiger partial charge in [-0.3, -0.25) is 4.40 Å². The molecule has 1 aliphatic carbocycles. The lowest BCUT2D eigenvalue weighted by Gasteiger charge is -2.43. The summed E-state index contributed by atoms with van der Waals surface area (Å²) in [5.74, 6) is 1.38. The number of aryl methyl sites for hydroxylation is 1. The van der Waals surface area contributed by atoms with Crippen molar-refractivity contribution >= 4 is 29.0 Å². The van der Waals surface area contributed by atoms with E-state index in [1.54, 1.807) is 12.3 Å². The van der Waals surface area contributed by atoms with Gasteiger partial charge in [0.2, 0.25) is 5.95 Å². The molecule has 3 aromatic rings. The molecule has 1 saturated heterocycles. The van der Waals surface area contributed by atoms with Gasteiger partial charge in [-0.25, -0.2) is 15.0 Å². The van der Waals surface area contributed by atoms with E-state index in [-0.39, 0.29) is 0 Å². The summed E-state index contributed by atoms with van der Waals surface area (Å²) in [6.45, 7) is 4.04. The molecule has 1 aliphatic heterocycles. The van der Waals surface area contributed by atoms with Crippen LogP contribution in [0.3, 0.4) is 0 Å². The van der Waals surface area contributed by atoms with Crippen molar-refractivity contribution in [2.75, 3.05) is 30.8 Å². The number of nitrogens with two attached hydrogens (primary N) is 1. The van der Waals surface area contributed by atoms with Gasteiger partial charge in [-0.1, -0.05) is 18.0 Å². The van der Waals surface area contributed by atoms with E-state index in [0.29, 0.717) is 22.3 Å². The highest BCUT2D eigenvalue weighted by molar-refractivity contribution is 6.33. The first-order chi connectivity index (χ1) is 14.5. The zero-order valence-corrected chi connectivity index (χ0v) is 18.3. The molecule has 8 heteroatoms. The van der Waals surface area contributed by atoms with Crippen molar-refractivity contribution in [2.24, 2.45) is 5.41 Å². The number of imidazole rings is 1. The quantitative estimate of drug-likeness (QED) is 0.665. The number of piperidine rings is 1.